The van der Waals surface area contributed by atoms with Crippen LogP contribution in [-0.4, -0.2) is 10.2 Å². The van der Waals surface area contributed by atoms with Gasteiger partial charge in [0.05, 0.1) is 16.3 Å². The second-order valence-corrected chi connectivity index (χ2v) is 4.35. The minimum atomic E-state index is -4.33. The van der Waals surface area contributed by atoms with Crippen molar-refractivity contribution in [1.82, 2.24) is 10.2 Å². The molecule has 0 amide bonds. The highest BCUT2D eigenvalue weighted by atomic mass is 35.5. The summed E-state index contributed by atoms with van der Waals surface area (Å²) in [6.45, 7) is 0. The van der Waals surface area contributed by atoms with Gasteiger partial charge in [-0.15, -0.1) is 5.10 Å². The van der Waals surface area contributed by atoms with Gasteiger partial charge >= 0.3 is 6.18 Å². The van der Waals surface area contributed by atoms with Crippen molar-refractivity contribution in [2.24, 2.45) is 0 Å². The first kappa shape index (κ1) is 13.6. The van der Waals surface area contributed by atoms with Crippen molar-refractivity contribution in [3.63, 3.8) is 0 Å². The Hall–Kier alpha value is -1.82. The van der Waals surface area contributed by atoms with E-state index in [1.54, 1.807) is 6.07 Å². The normalized spacial score (nSPS) is 11.6. The summed E-state index contributed by atoms with van der Waals surface area (Å²) in [5, 5.41) is 7.75. The summed E-state index contributed by atoms with van der Waals surface area (Å²) in [6.07, 6.45) is -3.99. The molecule has 2 N–H and O–H groups in total. The van der Waals surface area contributed by atoms with Gasteiger partial charge in [0.2, 0.25) is 0 Å². The summed E-state index contributed by atoms with van der Waals surface area (Å²) in [5.74, 6) is 0.123. The molecule has 0 bridgehead atoms. The molecule has 2 rings (SSSR count). The molecule has 0 aliphatic heterocycles. The van der Waals surface area contributed by atoms with Crippen LogP contribution < -0.4 is 5.73 Å². The quantitative estimate of drug-likeness (QED) is 0.922. The third-order valence-electron chi connectivity index (χ3n) is 2.49. The largest absolute Gasteiger partial charge is 0.416 e. The monoisotopic (exact) mass is 287 g/mol. The van der Waals surface area contributed by atoms with E-state index in [2.05, 4.69) is 10.2 Å². The van der Waals surface area contributed by atoms with Crippen molar-refractivity contribution >= 4 is 17.4 Å². The molecular formula is C12H9ClF3N3. The fourth-order valence-corrected chi connectivity index (χ4v) is 1.69. The third kappa shape index (κ3) is 3.35. The fraction of sp³-hybridized carbons (Fsp3) is 0.167. The first-order chi connectivity index (χ1) is 8.86. The number of hydrogen-bond acceptors (Lipinski definition) is 3. The number of hydrogen-bond donors (Lipinski definition) is 1. The molecule has 0 saturated carbocycles. The van der Waals surface area contributed by atoms with Crippen molar-refractivity contribution < 1.29 is 13.2 Å². The Balaban J connectivity index is 2.17. The molecule has 3 nitrogen and oxygen atoms in total. The number of anilines is 1. The average molecular weight is 288 g/mol. The highest BCUT2D eigenvalue weighted by Crippen LogP contribution is 2.29. The maximum Gasteiger partial charge on any atom is 0.416 e. The summed E-state index contributed by atoms with van der Waals surface area (Å²) in [6, 6.07) is 6.40. The molecule has 0 unspecified atom stereocenters. The van der Waals surface area contributed by atoms with Crippen LogP contribution in [0.15, 0.2) is 30.3 Å². The van der Waals surface area contributed by atoms with Gasteiger partial charge in [-0.1, -0.05) is 23.7 Å². The van der Waals surface area contributed by atoms with Crippen molar-refractivity contribution in [1.29, 1.82) is 0 Å². The molecule has 100 valence electrons. The molecule has 0 saturated heterocycles. The number of nitrogens with two attached hydrogens (primary N) is 1. The molecule has 2 aromatic rings. The molecule has 1 aromatic carbocycles. The zero-order valence-electron chi connectivity index (χ0n) is 9.58. The van der Waals surface area contributed by atoms with Crippen LogP contribution in [0.4, 0.5) is 19.0 Å². The Morgan fingerprint density at radius 3 is 2.26 bits per heavy atom. The molecule has 0 atom stereocenters. The highest BCUT2D eigenvalue weighted by Gasteiger charge is 2.29. The lowest BCUT2D eigenvalue weighted by atomic mass is 10.1. The second-order valence-electron chi connectivity index (χ2n) is 3.94. The van der Waals surface area contributed by atoms with Crippen LogP contribution in [-0.2, 0) is 12.6 Å². The van der Waals surface area contributed by atoms with Crippen molar-refractivity contribution in [2.45, 2.75) is 12.6 Å². The number of rotatable bonds is 2. The maximum absolute atomic E-state index is 12.4. The Bertz CT molecular complexity index is 582. The van der Waals surface area contributed by atoms with Gasteiger partial charge in [0.1, 0.15) is 0 Å². The first-order valence-electron chi connectivity index (χ1n) is 5.30. The molecule has 0 aliphatic carbocycles. The molecule has 7 heteroatoms. The van der Waals surface area contributed by atoms with E-state index in [1.165, 1.54) is 12.1 Å². The van der Waals surface area contributed by atoms with Crippen LogP contribution in [0.3, 0.4) is 0 Å². The van der Waals surface area contributed by atoms with Crippen LogP contribution in [0.2, 0.25) is 5.02 Å². The van der Waals surface area contributed by atoms with Gasteiger partial charge in [0.25, 0.3) is 0 Å². The van der Waals surface area contributed by atoms with E-state index in [9.17, 15) is 13.2 Å². The lowest BCUT2D eigenvalue weighted by molar-refractivity contribution is -0.137. The third-order valence-corrected chi connectivity index (χ3v) is 2.79. The maximum atomic E-state index is 12.4. The van der Waals surface area contributed by atoms with E-state index in [4.69, 9.17) is 17.3 Å². The Labute approximate surface area is 112 Å². The van der Waals surface area contributed by atoms with E-state index < -0.39 is 11.7 Å². The van der Waals surface area contributed by atoms with E-state index in [-0.39, 0.29) is 10.8 Å². The SMILES string of the molecule is Nc1nnc(Cc2ccc(C(F)(F)F)cc2)cc1Cl. The standard InChI is InChI=1S/C12H9ClF3N3/c13-10-6-9(18-19-11(10)17)5-7-1-3-8(4-2-7)12(14,15)16/h1-4,6H,5H2,(H2,17,19). The summed E-state index contributed by atoms with van der Waals surface area (Å²) in [4.78, 5) is 0. The predicted octanol–water partition coefficient (Wildman–Crippen LogP) is 3.32. The van der Waals surface area contributed by atoms with E-state index in [0.717, 1.165) is 12.1 Å². The van der Waals surface area contributed by atoms with Crippen molar-refractivity contribution in [2.75, 3.05) is 5.73 Å². The van der Waals surface area contributed by atoms with E-state index >= 15 is 0 Å². The number of aromatic nitrogens is 2. The smallest absolute Gasteiger partial charge is 0.381 e. The number of benzene rings is 1. The summed E-state index contributed by atoms with van der Waals surface area (Å²) >= 11 is 5.79. The van der Waals surface area contributed by atoms with Gasteiger partial charge in [-0.3, -0.25) is 0 Å². The molecule has 0 fully saturated rings. The van der Waals surface area contributed by atoms with Crippen LogP contribution in [0, 0.1) is 0 Å². The lowest BCUT2D eigenvalue weighted by Gasteiger charge is -2.07. The Morgan fingerprint density at radius 1 is 1.11 bits per heavy atom. The second kappa shape index (κ2) is 5.05. The number of halogens is 4. The number of nitrogens with zero attached hydrogens (tertiary/aromatic N) is 2. The van der Waals surface area contributed by atoms with Gasteiger partial charge in [-0.25, -0.2) is 0 Å². The van der Waals surface area contributed by atoms with Crippen LogP contribution in [0.5, 0.6) is 0 Å². The van der Waals surface area contributed by atoms with Crippen molar-refractivity contribution in [3.8, 4) is 0 Å². The van der Waals surface area contributed by atoms with Crippen LogP contribution in [0.1, 0.15) is 16.8 Å². The lowest BCUT2D eigenvalue weighted by Crippen LogP contribution is -2.05. The molecule has 0 radical (unpaired) electrons. The summed E-state index contributed by atoms with van der Waals surface area (Å²) in [7, 11) is 0. The van der Waals surface area contributed by atoms with E-state index in [1.807, 2.05) is 0 Å². The van der Waals surface area contributed by atoms with Gasteiger partial charge in [0.15, 0.2) is 5.82 Å². The highest BCUT2D eigenvalue weighted by molar-refractivity contribution is 6.32. The van der Waals surface area contributed by atoms with Gasteiger partial charge in [-0.05, 0) is 23.8 Å². The Morgan fingerprint density at radius 2 is 1.74 bits per heavy atom. The molecule has 19 heavy (non-hydrogen) atoms. The van der Waals surface area contributed by atoms with Crippen LogP contribution in [0.25, 0.3) is 0 Å². The van der Waals surface area contributed by atoms with Crippen LogP contribution >= 0.6 is 11.6 Å². The average Bonchev–Trinajstić information content (AvgIpc) is 2.33. The molecular weight excluding hydrogens is 279 g/mol. The molecule has 0 spiro atoms. The number of alkyl halides is 3. The van der Waals surface area contributed by atoms with Gasteiger partial charge in [0, 0.05) is 6.42 Å². The fourth-order valence-electron chi connectivity index (χ4n) is 1.52. The summed E-state index contributed by atoms with van der Waals surface area (Å²) < 4.78 is 37.2. The van der Waals surface area contributed by atoms with Gasteiger partial charge in [-0.2, -0.15) is 18.3 Å². The zero-order valence-corrected chi connectivity index (χ0v) is 10.3. The number of nitrogen functional groups attached to an aromatic ring is 1. The van der Waals surface area contributed by atoms with Crippen molar-refractivity contribution in [3.05, 3.63) is 52.2 Å². The summed E-state index contributed by atoms with van der Waals surface area (Å²) in [5.41, 5.74) is 5.96. The zero-order chi connectivity index (χ0) is 14.0. The topological polar surface area (TPSA) is 51.8 Å². The predicted molar refractivity (Wildman–Crippen MR) is 65.7 cm³/mol. The molecule has 1 aromatic heterocycles. The molecule has 1 heterocycles. The minimum absolute atomic E-state index is 0.123. The van der Waals surface area contributed by atoms with Gasteiger partial charge < -0.3 is 5.73 Å². The van der Waals surface area contributed by atoms with E-state index in [0.29, 0.717) is 17.7 Å². The Kier molecular flexibility index (Phi) is 3.61. The minimum Gasteiger partial charge on any atom is -0.381 e. The first-order valence-corrected chi connectivity index (χ1v) is 5.68. The molecule has 0 aliphatic rings.